The summed E-state index contributed by atoms with van der Waals surface area (Å²) in [5.74, 6) is 0.224. The molecule has 1 N–H and O–H groups in total. The van der Waals surface area contributed by atoms with Gasteiger partial charge in [0.25, 0.3) is 5.91 Å². The van der Waals surface area contributed by atoms with Gasteiger partial charge in [-0.15, -0.1) is 0 Å². The second-order valence-corrected chi connectivity index (χ2v) is 9.69. The second-order valence-electron chi connectivity index (χ2n) is 9.69. The normalized spacial score (nSPS) is 18.9. The summed E-state index contributed by atoms with van der Waals surface area (Å²) in [5, 5.41) is 1.21. The van der Waals surface area contributed by atoms with E-state index in [0.29, 0.717) is 19.4 Å². The van der Waals surface area contributed by atoms with E-state index in [1.807, 2.05) is 35.2 Å². The SMILES string of the molecule is CC(C)CN1C(=O)N(Cc2ccccn2)C(=O)C12CCN(Cc1cc3ccccc3[nH]1)CC2. The Bertz CT molecular complexity index is 1110. The molecule has 5 rings (SSSR count). The van der Waals surface area contributed by atoms with Gasteiger partial charge in [0.2, 0.25) is 0 Å². The first-order chi connectivity index (χ1) is 16.0. The lowest BCUT2D eigenvalue weighted by molar-refractivity contribution is -0.136. The van der Waals surface area contributed by atoms with Gasteiger partial charge in [-0.25, -0.2) is 4.79 Å². The van der Waals surface area contributed by atoms with Crippen molar-refractivity contribution in [1.29, 1.82) is 0 Å². The van der Waals surface area contributed by atoms with Crippen LogP contribution >= 0.6 is 0 Å². The van der Waals surface area contributed by atoms with E-state index in [2.05, 4.69) is 46.9 Å². The monoisotopic (exact) mass is 445 g/mol. The van der Waals surface area contributed by atoms with E-state index < -0.39 is 5.54 Å². The van der Waals surface area contributed by atoms with Crippen LogP contribution in [0.2, 0.25) is 0 Å². The van der Waals surface area contributed by atoms with E-state index in [1.54, 1.807) is 6.20 Å². The van der Waals surface area contributed by atoms with Crippen LogP contribution in [0.4, 0.5) is 4.79 Å². The molecule has 3 amide bonds. The lowest BCUT2D eigenvalue weighted by Gasteiger charge is -2.42. The van der Waals surface area contributed by atoms with E-state index in [4.69, 9.17) is 0 Å². The number of para-hydroxylation sites is 1. The van der Waals surface area contributed by atoms with Gasteiger partial charge < -0.3 is 9.88 Å². The van der Waals surface area contributed by atoms with Crippen molar-refractivity contribution in [2.24, 2.45) is 5.92 Å². The van der Waals surface area contributed by atoms with Crippen LogP contribution in [0, 0.1) is 5.92 Å². The highest BCUT2D eigenvalue weighted by atomic mass is 16.2. The molecule has 172 valence electrons. The highest BCUT2D eigenvalue weighted by molar-refractivity contribution is 6.07. The Morgan fingerprint density at radius 1 is 1.03 bits per heavy atom. The van der Waals surface area contributed by atoms with E-state index in [-0.39, 0.29) is 24.4 Å². The number of imide groups is 1. The van der Waals surface area contributed by atoms with Gasteiger partial charge in [0.05, 0.1) is 12.2 Å². The maximum absolute atomic E-state index is 13.7. The Kier molecular flexibility index (Phi) is 5.66. The molecule has 33 heavy (non-hydrogen) atoms. The van der Waals surface area contributed by atoms with Crippen LogP contribution in [0.15, 0.2) is 54.7 Å². The number of rotatable bonds is 6. The highest BCUT2D eigenvalue weighted by Gasteiger charge is 2.57. The zero-order valence-corrected chi connectivity index (χ0v) is 19.3. The third kappa shape index (κ3) is 4.02. The van der Waals surface area contributed by atoms with E-state index >= 15 is 0 Å². The van der Waals surface area contributed by atoms with Crippen molar-refractivity contribution in [2.45, 2.75) is 45.3 Å². The van der Waals surface area contributed by atoms with E-state index in [0.717, 1.165) is 30.8 Å². The summed E-state index contributed by atoms with van der Waals surface area (Å²) in [6, 6.07) is 15.9. The fourth-order valence-corrected chi connectivity index (χ4v) is 5.22. The first-order valence-corrected chi connectivity index (χ1v) is 11.8. The molecule has 2 aliphatic heterocycles. The highest BCUT2D eigenvalue weighted by Crippen LogP contribution is 2.38. The maximum atomic E-state index is 13.7. The maximum Gasteiger partial charge on any atom is 0.328 e. The molecule has 1 aromatic carbocycles. The predicted octanol–water partition coefficient (Wildman–Crippen LogP) is 4.02. The van der Waals surface area contributed by atoms with Crippen LogP contribution in [0.1, 0.15) is 38.1 Å². The number of urea groups is 1. The van der Waals surface area contributed by atoms with Crippen LogP contribution < -0.4 is 0 Å². The third-order valence-electron chi connectivity index (χ3n) is 6.88. The first kappa shape index (κ1) is 21.6. The molecule has 7 nitrogen and oxygen atoms in total. The van der Waals surface area contributed by atoms with Crippen molar-refractivity contribution in [1.82, 2.24) is 24.7 Å². The first-order valence-electron chi connectivity index (χ1n) is 11.8. The number of nitrogens with zero attached hydrogens (tertiary/aromatic N) is 4. The molecular formula is C26H31N5O2. The van der Waals surface area contributed by atoms with Crippen molar-refractivity contribution < 1.29 is 9.59 Å². The molecular weight excluding hydrogens is 414 g/mol. The minimum Gasteiger partial charge on any atom is -0.357 e. The number of nitrogens with one attached hydrogen (secondary N) is 1. The van der Waals surface area contributed by atoms with Crippen molar-refractivity contribution in [2.75, 3.05) is 19.6 Å². The number of carbonyl (C=O) groups excluding carboxylic acids is 2. The number of likely N-dealkylation sites (tertiary alicyclic amines) is 1. The topological polar surface area (TPSA) is 72.5 Å². The molecule has 0 bridgehead atoms. The Morgan fingerprint density at radius 3 is 2.48 bits per heavy atom. The lowest BCUT2D eigenvalue weighted by atomic mass is 9.85. The third-order valence-corrected chi connectivity index (χ3v) is 6.88. The van der Waals surface area contributed by atoms with Gasteiger partial charge in [-0.1, -0.05) is 38.1 Å². The average Bonchev–Trinajstić information content (AvgIpc) is 3.30. The molecule has 0 unspecified atom stereocenters. The van der Waals surface area contributed by atoms with E-state index in [9.17, 15) is 9.59 Å². The fraction of sp³-hybridized carbons (Fsp3) is 0.423. The summed E-state index contributed by atoms with van der Waals surface area (Å²) in [6.07, 6.45) is 3.01. The van der Waals surface area contributed by atoms with Crippen LogP contribution in [-0.4, -0.2) is 61.8 Å². The molecule has 2 aliphatic rings. The number of carbonyl (C=O) groups is 2. The Labute approximate surface area is 194 Å². The van der Waals surface area contributed by atoms with Gasteiger partial charge in [0.1, 0.15) is 5.54 Å². The average molecular weight is 446 g/mol. The molecule has 7 heteroatoms. The van der Waals surface area contributed by atoms with Crippen LogP contribution in [0.5, 0.6) is 0 Å². The van der Waals surface area contributed by atoms with Crippen molar-refractivity contribution in [3.05, 3.63) is 66.1 Å². The number of pyridine rings is 1. The molecule has 0 saturated carbocycles. The van der Waals surface area contributed by atoms with Gasteiger partial charge >= 0.3 is 6.03 Å². The van der Waals surface area contributed by atoms with Crippen LogP contribution in [0.3, 0.4) is 0 Å². The van der Waals surface area contributed by atoms with Crippen molar-refractivity contribution >= 4 is 22.8 Å². The quantitative estimate of drug-likeness (QED) is 0.582. The second kappa shape index (κ2) is 8.63. The molecule has 0 radical (unpaired) electrons. The lowest BCUT2D eigenvalue weighted by Crippen LogP contribution is -2.57. The zero-order valence-electron chi connectivity index (χ0n) is 19.3. The molecule has 4 heterocycles. The van der Waals surface area contributed by atoms with Crippen LogP contribution in [0.25, 0.3) is 10.9 Å². The number of benzene rings is 1. The summed E-state index contributed by atoms with van der Waals surface area (Å²) in [4.78, 5) is 40.5. The smallest absolute Gasteiger partial charge is 0.328 e. The number of aromatic nitrogens is 2. The number of aromatic amines is 1. The number of hydrogen-bond acceptors (Lipinski definition) is 4. The number of amides is 3. The molecule has 2 saturated heterocycles. The summed E-state index contributed by atoms with van der Waals surface area (Å²) in [6.45, 7) is 7.38. The molecule has 0 atom stereocenters. The number of hydrogen-bond donors (Lipinski definition) is 1. The molecule has 3 aromatic rings. The molecule has 2 fully saturated rings. The van der Waals surface area contributed by atoms with Crippen molar-refractivity contribution in [3.8, 4) is 0 Å². The molecule has 1 spiro atoms. The van der Waals surface area contributed by atoms with Gasteiger partial charge in [0.15, 0.2) is 0 Å². The summed E-state index contributed by atoms with van der Waals surface area (Å²) in [7, 11) is 0. The zero-order chi connectivity index (χ0) is 23.0. The summed E-state index contributed by atoms with van der Waals surface area (Å²) < 4.78 is 0. The van der Waals surface area contributed by atoms with Crippen molar-refractivity contribution in [3.63, 3.8) is 0 Å². The summed E-state index contributed by atoms with van der Waals surface area (Å²) in [5.41, 5.74) is 2.31. The predicted molar refractivity (Wildman–Crippen MR) is 127 cm³/mol. The standard InChI is InChI=1S/C26H31N5O2/c1-19(2)16-31-25(33)30(18-21-8-5-6-12-27-21)24(32)26(31)10-13-29(14-11-26)17-22-15-20-7-3-4-9-23(20)28-22/h3-9,12,15,19,28H,10-11,13-14,16-18H2,1-2H3. The Morgan fingerprint density at radius 2 is 1.79 bits per heavy atom. The minimum absolute atomic E-state index is 0.0657. The van der Waals surface area contributed by atoms with Gasteiger partial charge in [-0.3, -0.25) is 19.6 Å². The van der Waals surface area contributed by atoms with E-state index in [1.165, 1.54) is 16.0 Å². The molecule has 0 aliphatic carbocycles. The number of H-pyrrole nitrogens is 1. The molecule has 2 aromatic heterocycles. The fourth-order valence-electron chi connectivity index (χ4n) is 5.22. The Hall–Kier alpha value is -3.19. The summed E-state index contributed by atoms with van der Waals surface area (Å²) >= 11 is 0. The van der Waals surface area contributed by atoms with Gasteiger partial charge in [0, 0.05) is 43.6 Å². The largest absolute Gasteiger partial charge is 0.357 e. The Balaban J connectivity index is 1.33. The number of fused-ring (bicyclic) bond motifs is 1. The minimum atomic E-state index is -0.743. The van der Waals surface area contributed by atoms with Gasteiger partial charge in [-0.05, 0) is 48.4 Å². The van der Waals surface area contributed by atoms with Crippen LogP contribution in [-0.2, 0) is 17.9 Å². The number of piperidine rings is 1. The van der Waals surface area contributed by atoms with Gasteiger partial charge in [-0.2, -0.15) is 0 Å².